The normalized spacial score (nSPS) is 22.0. The second kappa shape index (κ2) is 4.20. The van der Waals surface area contributed by atoms with Crippen LogP contribution in [0.4, 0.5) is 0 Å². The number of rotatable bonds is 3. The van der Waals surface area contributed by atoms with Gasteiger partial charge in [0.1, 0.15) is 12.4 Å². The van der Waals surface area contributed by atoms with E-state index < -0.39 is 0 Å². The molecule has 3 aliphatic carbocycles. The van der Waals surface area contributed by atoms with Crippen molar-refractivity contribution in [3.8, 4) is 5.75 Å². The minimum Gasteiger partial charge on any atom is -0.489 e. The van der Waals surface area contributed by atoms with Gasteiger partial charge in [0.25, 0.3) is 0 Å². The summed E-state index contributed by atoms with van der Waals surface area (Å²) in [5.74, 6) is 1.13. The van der Waals surface area contributed by atoms with Crippen LogP contribution in [0, 0.1) is 5.41 Å². The molecule has 0 bridgehead atoms. The first-order valence-electron chi connectivity index (χ1n) is 7.11. The van der Waals surface area contributed by atoms with E-state index in [-0.39, 0.29) is 11.2 Å². The Morgan fingerprint density at radius 2 is 1.90 bits per heavy atom. The Balaban J connectivity index is 1.58. The quantitative estimate of drug-likeness (QED) is 0.833. The lowest BCUT2D eigenvalue weighted by Gasteiger charge is -2.19. The Morgan fingerprint density at radius 1 is 1.10 bits per heavy atom. The van der Waals surface area contributed by atoms with E-state index >= 15 is 0 Å². The van der Waals surface area contributed by atoms with Gasteiger partial charge in [-0.1, -0.05) is 36.4 Å². The number of Topliss-reactive ketones (excluding diaryl/α,β-unsaturated/α-hetero) is 1. The molecule has 0 radical (unpaired) electrons. The van der Waals surface area contributed by atoms with Crippen LogP contribution in [0.1, 0.15) is 19.3 Å². The molecule has 0 saturated heterocycles. The van der Waals surface area contributed by atoms with Crippen molar-refractivity contribution in [3.05, 3.63) is 65.3 Å². The van der Waals surface area contributed by atoms with Gasteiger partial charge in [-0.3, -0.25) is 4.79 Å². The highest BCUT2D eigenvalue weighted by Gasteiger charge is 2.46. The standard InChI is InChI=1S/C18H16O2/c19-16-11-18(8-9-18)10-13-6-7-14(17(13)16)12-20-15-4-2-1-3-5-15/h1-7,10H,8-9,11-12H2. The molecular formula is C18H16O2. The Hall–Kier alpha value is -2.09. The van der Waals surface area contributed by atoms with Gasteiger partial charge in [-0.05, 0) is 36.0 Å². The lowest BCUT2D eigenvalue weighted by atomic mass is 9.84. The average Bonchev–Trinajstić information content (AvgIpc) is 3.06. The van der Waals surface area contributed by atoms with Crippen molar-refractivity contribution in [2.45, 2.75) is 19.3 Å². The van der Waals surface area contributed by atoms with Crippen molar-refractivity contribution in [2.75, 3.05) is 6.61 Å². The minimum atomic E-state index is 0.204. The zero-order chi connectivity index (χ0) is 13.6. The van der Waals surface area contributed by atoms with Crippen molar-refractivity contribution >= 4 is 5.78 Å². The molecule has 3 aliphatic rings. The second-order valence-corrected chi connectivity index (χ2v) is 5.90. The molecule has 0 unspecified atom stereocenters. The number of hydrogen-bond donors (Lipinski definition) is 0. The number of ether oxygens (including phenoxy) is 1. The highest BCUT2D eigenvalue weighted by Crippen LogP contribution is 2.55. The topological polar surface area (TPSA) is 26.3 Å². The fourth-order valence-electron chi connectivity index (χ4n) is 3.07. The summed E-state index contributed by atoms with van der Waals surface area (Å²) in [7, 11) is 0. The van der Waals surface area contributed by atoms with Gasteiger partial charge in [-0.2, -0.15) is 0 Å². The number of fused-ring (bicyclic) bond motifs is 1. The zero-order valence-corrected chi connectivity index (χ0v) is 11.3. The van der Waals surface area contributed by atoms with Gasteiger partial charge in [-0.15, -0.1) is 0 Å². The van der Waals surface area contributed by atoms with Crippen molar-refractivity contribution in [1.29, 1.82) is 0 Å². The lowest BCUT2D eigenvalue weighted by molar-refractivity contribution is -0.116. The molecule has 0 atom stereocenters. The number of hydrogen-bond acceptors (Lipinski definition) is 2. The molecule has 0 N–H and O–H groups in total. The van der Waals surface area contributed by atoms with Crippen LogP contribution in [0.2, 0.25) is 0 Å². The average molecular weight is 264 g/mol. The molecule has 2 nitrogen and oxygen atoms in total. The Kier molecular flexibility index (Phi) is 2.46. The monoisotopic (exact) mass is 264 g/mol. The Morgan fingerprint density at radius 3 is 2.65 bits per heavy atom. The smallest absolute Gasteiger partial charge is 0.164 e. The summed E-state index contributed by atoms with van der Waals surface area (Å²) in [5, 5.41) is 0. The predicted molar refractivity (Wildman–Crippen MR) is 77.5 cm³/mol. The van der Waals surface area contributed by atoms with E-state index in [1.165, 1.54) is 12.8 Å². The van der Waals surface area contributed by atoms with Crippen LogP contribution >= 0.6 is 0 Å². The van der Waals surface area contributed by atoms with Crippen LogP contribution in [0.5, 0.6) is 5.75 Å². The summed E-state index contributed by atoms with van der Waals surface area (Å²) in [5.41, 5.74) is 3.22. The molecule has 0 heterocycles. The molecule has 0 aliphatic heterocycles. The van der Waals surface area contributed by atoms with E-state index in [0.29, 0.717) is 13.0 Å². The molecule has 0 amide bonds. The van der Waals surface area contributed by atoms with E-state index in [1.54, 1.807) is 0 Å². The first kappa shape index (κ1) is 11.7. The largest absolute Gasteiger partial charge is 0.489 e. The van der Waals surface area contributed by atoms with Crippen LogP contribution in [0.3, 0.4) is 0 Å². The zero-order valence-electron chi connectivity index (χ0n) is 11.3. The van der Waals surface area contributed by atoms with Crippen LogP contribution < -0.4 is 4.74 Å². The maximum Gasteiger partial charge on any atom is 0.164 e. The Labute approximate surface area is 118 Å². The van der Waals surface area contributed by atoms with Crippen molar-refractivity contribution in [2.24, 2.45) is 5.41 Å². The third-order valence-electron chi connectivity index (χ3n) is 4.36. The molecule has 0 aromatic heterocycles. The summed E-state index contributed by atoms with van der Waals surface area (Å²) >= 11 is 0. The Bertz CT molecular complexity index is 658. The van der Waals surface area contributed by atoms with E-state index in [0.717, 1.165) is 22.5 Å². The first-order chi connectivity index (χ1) is 9.76. The van der Waals surface area contributed by atoms with Gasteiger partial charge in [0, 0.05) is 17.6 Å². The molecule has 100 valence electrons. The molecule has 1 aromatic carbocycles. The van der Waals surface area contributed by atoms with Gasteiger partial charge in [0.2, 0.25) is 0 Å². The van der Waals surface area contributed by atoms with E-state index in [2.05, 4.69) is 12.2 Å². The van der Waals surface area contributed by atoms with E-state index in [4.69, 9.17) is 4.74 Å². The highest BCUT2D eigenvalue weighted by molar-refractivity contribution is 6.05. The predicted octanol–water partition coefficient (Wildman–Crippen LogP) is 3.61. The van der Waals surface area contributed by atoms with Gasteiger partial charge >= 0.3 is 0 Å². The van der Waals surface area contributed by atoms with Crippen LogP contribution in [-0.2, 0) is 4.79 Å². The molecule has 4 rings (SSSR count). The first-order valence-corrected chi connectivity index (χ1v) is 7.11. The summed E-state index contributed by atoms with van der Waals surface area (Å²) < 4.78 is 5.77. The number of allylic oxidation sites excluding steroid dienone is 4. The number of carbonyl (C=O) groups is 1. The molecule has 1 spiro atoms. The lowest BCUT2D eigenvalue weighted by Crippen LogP contribution is -2.18. The summed E-state index contributed by atoms with van der Waals surface area (Å²) in [6.07, 6.45) is 9.41. The SMILES string of the molecule is O=C1CC2(C=C3C=CC(COc4ccccc4)=C13)CC2. The maximum atomic E-state index is 12.4. The van der Waals surface area contributed by atoms with Crippen LogP contribution in [-0.4, -0.2) is 12.4 Å². The molecule has 2 heteroatoms. The molecule has 1 saturated carbocycles. The minimum absolute atomic E-state index is 0.204. The number of benzene rings is 1. The number of ketones is 1. The second-order valence-electron chi connectivity index (χ2n) is 5.90. The maximum absolute atomic E-state index is 12.4. The molecular weight excluding hydrogens is 248 g/mol. The van der Waals surface area contributed by atoms with Gasteiger partial charge in [0.15, 0.2) is 5.78 Å². The van der Waals surface area contributed by atoms with Crippen LogP contribution in [0.25, 0.3) is 0 Å². The molecule has 1 aromatic rings. The summed E-state index contributed by atoms with van der Waals surface area (Å²) in [6, 6.07) is 9.73. The van der Waals surface area contributed by atoms with Gasteiger partial charge in [-0.25, -0.2) is 0 Å². The number of carbonyl (C=O) groups excluding carboxylic acids is 1. The highest BCUT2D eigenvalue weighted by atomic mass is 16.5. The van der Waals surface area contributed by atoms with Gasteiger partial charge in [0.05, 0.1) is 0 Å². The van der Waals surface area contributed by atoms with E-state index in [9.17, 15) is 4.79 Å². The van der Waals surface area contributed by atoms with Crippen molar-refractivity contribution < 1.29 is 9.53 Å². The third-order valence-corrected chi connectivity index (χ3v) is 4.36. The van der Waals surface area contributed by atoms with Crippen molar-refractivity contribution in [1.82, 2.24) is 0 Å². The number of para-hydroxylation sites is 1. The van der Waals surface area contributed by atoms with E-state index in [1.807, 2.05) is 36.4 Å². The van der Waals surface area contributed by atoms with Gasteiger partial charge < -0.3 is 4.74 Å². The summed E-state index contributed by atoms with van der Waals surface area (Å²) in [6.45, 7) is 0.464. The molecule has 1 fully saturated rings. The third kappa shape index (κ3) is 1.92. The van der Waals surface area contributed by atoms with Crippen LogP contribution in [0.15, 0.2) is 65.3 Å². The van der Waals surface area contributed by atoms with Crippen molar-refractivity contribution in [3.63, 3.8) is 0 Å². The summed E-state index contributed by atoms with van der Waals surface area (Å²) in [4.78, 5) is 12.4. The fourth-order valence-corrected chi connectivity index (χ4v) is 3.07. The fraction of sp³-hybridized carbons (Fsp3) is 0.278. The molecule has 20 heavy (non-hydrogen) atoms.